The highest BCUT2D eigenvalue weighted by molar-refractivity contribution is 7.93. The molecule has 0 aliphatic rings. The highest BCUT2D eigenvalue weighted by atomic mass is 32.2. The number of anilines is 3. The molecule has 5 aromatic rings. The first-order valence-corrected chi connectivity index (χ1v) is 13.2. The van der Waals surface area contributed by atoms with Crippen molar-refractivity contribution in [2.45, 2.75) is 18.7 Å². The van der Waals surface area contributed by atoms with Gasteiger partial charge in [-0.15, -0.1) is 22.7 Å². The van der Waals surface area contributed by atoms with Gasteiger partial charge in [-0.3, -0.25) is 4.72 Å². The van der Waals surface area contributed by atoms with E-state index in [-0.39, 0.29) is 4.90 Å². The number of sulfonamides is 1. The molecule has 0 aliphatic heterocycles. The molecule has 3 heterocycles. The summed E-state index contributed by atoms with van der Waals surface area (Å²) in [7, 11) is -3.70. The Kier molecular flexibility index (Phi) is 5.57. The summed E-state index contributed by atoms with van der Waals surface area (Å²) in [5, 5.41) is 8.40. The highest BCUT2D eigenvalue weighted by Crippen LogP contribution is 2.38. The van der Waals surface area contributed by atoms with Crippen LogP contribution in [-0.4, -0.2) is 23.4 Å². The standard InChI is InChI=1S/C23H19N5O2S3/c1-14-3-4-16(11-15(14)2)19-12-32-22-20(19)21(25-13-26-22)27-17-5-7-18(8-6-17)33(29,30)28-23-24-9-10-31-23/h3-13H,1-2H3,(H,24,28)(H,25,26,27). The molecular weight excluding hydrogens is 474 g/mol. The Morgan fingerprint density at radius 3 is 2.45 bits per heavy atom. The first kappa shape index (κ1) is 21.5. The fourth-order valence-electron chi connectivity index (χ4n) is 3.39. The van der Waals surface area contributed by atoms with Crippen molar-refractivity contribution in [2.24, 2.45) is 0 Å². The van der Waals surface area contributed by atoms with Gasteiger partial charge in [-0.1, -0.05) is 18.2 Å². The summed E-state index contributed by atoms with van der Waals surface area (Å²) in [6, 6.07) is 12.9. The number of aromatic nitrogens is 3. The van der Waals surface area contributed by atoms with Gasteiger partial charge in [0.2, 0.25) is 0 Å². The maximum atomic E-state index is 12.6. The van der Waals surface area contributed by atoms with Crippen molar-refractivity contribution in [3.05, 3.63) is 76.9 Å². The molecule has 33 heavy (non-hydrogen) atoms. The molecule has 0 unspecified atom stereocenters. The average Bonchev–Trinajstić information content (AvgIpc) is 3.46. The molecule has 7 nitrogen and oxygen atoms in total. The molecule has 2 aromatic carbocycles. The maximum absolute atomic E-state index is 12.6. The number of nitrogens with one attached hydrogen (secondary N) is 2. The van der Waals surface area contributed by atoms with Crippen LogP contribution in [0.25, 0.3) is 21.3 Å². The number of hydrogen-bond donors (Lipinski definition) is 2. The van der Waals surface area contributed by atoms with Gasteiger partial charge in [-0.2, -0.15) is 0 Å². The summed E-state index contributed by atoms with van der Waals surface area (Å²) in [6.07, 6.45) is 3.08. The number of rotatable bonds is 6. The second-order valence-corrected chi connectivity index (χ2v) is 10.9. The lowest BCUT2D eigenvalue weighted by Gasteiger charge is -2.10. The van der Waals surface area contributed by atoms with Gasteiger partial charge in [0, 0.05) is 28.2 Å². The van der Waals surface area contributed by atoms with Gasteiger partial charge in [0.1, 0.15) is 17.0 Å². The molecule has 0 aliphatic carbocycles. The van der Waals surface area contributed by atoms with Crippen LogP contribution in [0.4, 0.5) is 16.6 Å². The average molecular weight is 494 g/mol. The number of hydrogen-bond acceptors (Lipinski definition) is 8. The minimum Gasteiger partial charge on any atom is -0.340 e. The zero-order valence-corrected chi connectivity index (χ0v) is 20.2. The van der Waals surface area contributed by atoms with Crippen LogP contribution >= 0.6 is 22.7 Å². The van der Waals surface area contributed by atoms with Crippen molar-refractivity contribution in [1.82, 2.24) is 15.0 Å². The van der Waals surface area contributed by atoms with Crippen LogP contribution < -0.4 is 10.0 Å². The van der Waals surface area contributed by atoms with Crippen molar-refractivity contribution in [2.75, 3.05) is 10.0 Å². The topological polar surface area (TPSA) is 96.9 Å². The second-order valence-electron chi connectivity index (χ2n) is 7.44. The van der Waals surface area contributed by atoms with Gasteiger partial charge in [0.05, 0.1) is 10.3 Å². The van der Waals surface area contributed by atoms with Crippen LogP contribution in [0.1, 0.15) is 11.1 Å². The summed E-state index contributed by atoms with van der Waals surface area (Å²) in [4.78, 5) is 13.9. The smallest absolute Gasteiger partial charge is 0.263 e. The number of thiazole rings is 1. The van der Waals surface area contributed by atoms with Crippen LogP contribution in [0.3, 0.4) is 0 Å². The number of benzene rings is 2. The molecule has 0 bridgehead atoms. The molecule has 0 radical (unpaired) electrons. The van der Waals surface area contributed by atoms with E-state index in [1.165, 1.54) is 28.8 Å². The Bertz CT molecular complexity index is 1540. The normalized spacial score (nSPS) is 11.6. The monoisotopic (exact) mass is 493 g/mol. The lowest BCUT2D eigenvalue weighted by Crippen LogP contribution is -2.12. The van der Waals surface area contributed by atoms with Gasteiger partial charge >= 0.3 is 0 Å². The molecule has 0 fully saturated rings. The van der Waals surface area contributed by atoms with E-state index in [0.29, 0.717) is 10.9 Å². The van der Waals surface area contributed by atoms with E-state index in [0.717, 1.165) is 27.0 Å². The minimum atomic E-state index is -3.70. The number of aryl methyl sites for hydroxylation is 2. The Hall–Kier alpha value is -3.34. The zero-order valence-electron chi connectivity index (χ0n) is 17.7. The lowest BCUT2D eigenvalue weighted by molar-refractivity contribution is 0.601. The van der Waals surface area contributed by atoms with Gasteiger partial charge in [0.25, 0.3) is 10.0 Å². The summed E-state index contributed by atoms with van der Waals surface area (Å²) >= 11 is 2.79. The molecule has 166 valence electrons. The fraction of sp³-hybridized carbons (Fsp3) is 0.0870. The van der Waals surface area contributed by atoms with Crippen molar-refractivity contribution in [3.63, 3.8) is 0 Å². The van der Waals surface area contributed by atoms with E-state index < -0.39 is 10.0 Å². The SMILES string of the molecule is Cc1ccc(-c2csc3ncnc(Nc4ccc(S(=O)(=O)Nc5nccs5)cc4)c23)cc1C. The fourth-order valence-corrected chi connectivity index (χ4v) is 6.10. The highest BCUT2D eigenvalue weighted by Gasteiger charge is 2.17. The van der Waals surface area contributed by atoms with E-state index >= 15 is 0 Å². The van der Waals surface area contributed by atoms with Gasteiger partial charge in [0.15, 0.2) is 5.13 Å². The van der Waals surface area contributed by atoms with Crippen LogP contribution in [-0.2, 0) is 10.0 Å². The summed E-state index contributed by atoms with van der Waals surface area (Å²) < 4.78 is 27.6. The number of fused-ring (bicyclic) bond motifs is 1. The first-order chi connectivity index (χ1) is 15.9. The van der Waals surface area contributed by atoms with E-state index in [1.807, 2.05) is 0 Å². The van der Waals surface area contributed by atoms with E-state index in [1.54, 1.807) is 47.2 Å². The predicted octanol–water partition coefficient (Wildman–Crippen LogP) is 5.98. The molecule has 0 saturated carbocycles. The summed E-state index contributed by atoms with van der Waals surface area (Å²) in [5.41, 5.74) is 5.36. The van der Waals surface area contributed by atoms with Gasteiger partial charge in [-0.05, 0) is 54.8 Å². The summed E-state index contributed by atoms with van der Waals surface area (Å²) in [6.45, 7) is 4.19. The molecule has 3 aromatic heterocycles. The Labute approximate surface area is 199 Å². The predicted molar refractivity (Wildman–Crippen MR) is 135 cm³/mol. The summed E-state index contributed by atoms with van der Waals surface area (Å²) in [5.74, 6) is 0.672. The van der Waals surface area contributed by atoms with Crippen LogP contribution in [0.2, 0.25) is 0 Å². The van der Waals surface area contributed by atoms with Gasteiger partial charge in [-0.25, -0.2) is 23.4 Å². The zero-order chi connectivity index (χ0) is 23.0. The third-order valence-electron chi connectivity index (χ3n) is 5.27. The van der Waals surface area contributed by atoms with Crippen molar-refractivity contribution in [3.8, 4) is 11.1 Å². The quantitative estimate of drug-likeness (QED) is 0.302. The second kappa shape index (κ2) is 8.54. The first-order valence-electron chi connectivity index (χ1n) is 10.00. The van der Waals surface area contributed by atoms with Crippen LogP contribution in [0.5, 0.6) is 0 Å². The maximum Gasteiger partial charge on any atom is 0.263 e. The van der Waals surface area contributed by atoms with Crippen LogP contribution in [0.15, 0.2) is 70.6 Å². The lowest BCUT2D eigenvalue weighted by atomic mass is 10.0. The molecule has 2 N–H and O–H groups in total. The van der Waals surface area contributed by atoms with E-state index in [9.17, 15) is 8.42 Å². The molecule has 0 saturated heterocycles. The Morgan fingerprint density at radius 2 is 1.73 bits per heavy atom. The number of nitrogens with zero attached hydrogens (tertiary/aromatic N) is 3. The van der Waals surface area contributed by atoms with Crippen molar-refractivity contribution < 1.29 is 8.42 Å². The van der Waals surface area contributed by atoms with Crippen molar-refractivity contribution in [1.29, 1.82) is 0 Å². The molecular formula is C23H19N5O2S3. The molecule has 5 rings (SSSR count). The third-order valence-corrected chi connectivity index (χ3v) is 8.33. The van der Waals surface area contributed by atoms with Crippen molar-refractivity contribution >= 4 is 59.6 Å². The van der Waals surface area contributed by atoms with Gasteiger partial charge < -0.3 is 5.32 Å². The van der Waals surface area contributed by atoms with E-state index in [4.69, 9.17) is 0 Å². The number of thiophene rings is 1. The van der Waals surface area contributed by atoms with E-state index in [2.05, 4.69) is 62.4 Å². The largest absolute Gasteiger partial charge is 0.340 e. The molecule has 0 atom stereocenters. The third kappa shape index (κ3) is 4.32. The molecule has 0 amide bonds. The Morgan fingerprint density at radius 1 is 0.909 bits per heavy atom. The molecule has 0 spiro atoms. The minimum absolute atomic E-state index is 0.155. The van der Waals surface area contributed by atoms with Crippen LogP contribution in [0, 0.1) is 13.8 Å². The Balaban J connectivity index is 1.46. The molecule has 10 heteroatoms.